The third-order valence-electron chi connectivity index (χ3n) is 2.26. The smallest absolute Gasteiger partial charge is 0.325 e. The molecule has 1 amide bonds. The number of methoxy groups -OCH3 is 1. The minimum absolute atomic E-state index is 0.132. The molecular formula is C12H13Cl2NO4. The van der Waals surface area contributed by atoms with Crippen molar-refractivity contribution in [3.05, 3.63) is 28.2 Å². The van der Waals surface area contributed by atoms with Crippen molar-refractivity contribution < 1.29 is 19.1 Å². The highest BCUT2D eigenvalue weighted by Gasteiger charge is 2.14. The molecule has 0 aliphatic carbocycles. The lowest BCUT2D eigenvalue weighted by Gasteiger charge is -2.16. The molecule has 0 N–H and O–H groups in total. The Hall–Kier alpha value is -1.46. The van der Waals surface area contributed by atoms with E-state index in [0.29, 0.717) is 15.8 Å². The number of esters is 1. The maximum Gasteiger partial charge on any atom is 0.325 e. The molecule has 0 saturated carbocycles. The molecule has 0 spiro atoms. The van der Waals surface area contributed by atoms with Crippen molar-refractivity contribution in [1.82, 2.24) is 4.90 Å². The van der Waals surface area contributed by atoms with Crippen LogP contribution in [0.5, 0.6) is 5.75 Å². The summed E-state index contributed by atoms with van der Waals surface area (Å²) in [6, 6.07) is 4.69. The first-order valence-electron chi connectivity index (χ1n) is 5.32. The van der Waals surface area contributed by atoms with Gasteiger partial charge in [-0.3, -0.25) is 9.59 Å². The number of hydrogen-bond acceptors (Lipinski definition) is 4. The summed E-state index contributed by atoms with van der Waals surface area (Å²) in [5, 5.41) is 0.794. The molecule has 0 unspecified atom stereocenters. The number of likely N-dealkylation sites (N-methyl/N-ethyl adjacent to an activating group) is 1. The molecule has 0 fully saturated rings. The second kappa shape index (κ2) is 7.21. The normalized spacial score (nSPS) is 9.89. The molecule has 0 aromatic heterocycles. The van der Waals surface area contributed by atoms with Gasteiger partial charge in [0.1, 0.15) is 12.3 Å². The second-order valence-electron chi connectivity index (χ2n) is 3.69. The number of halogens is 2. The molecule has 1 rings (SSSR count). The SMILES string of the molecule is COC(=O)CN(C)C(=O)COc1ccc(Cl)cc1Cl. The number of ether oxygens (including phenoxy) is 2. The Labute approximate surface area is 121 Å². The van der Waals surface area contributed by atoms with Crippen molar-refractivity contribution in [2.24, 2.45) is 0 Å². The molecule has 5 nitrogen and oxygen atoms in total. The van der Waals surface area contributed by atoms with Gasteiger partial charge in [0.25, 0.3) is 5.91 Å². The van der Waals surface area contributed by atoms with E-state index in [1.807, 2.05) is 0 Å². The highest BCUT2D eigenvalue weighted by atomic mass is 35.5. The maximum absolute atomic E-state index is 11.7. The fourth-order valence-electron chi connectivity index (χ4n) is 1.19. The summed E-state index contributed by atoms with van der Waals surface area (Å²) in [7, 11) is 2.73. The van der Waals surface area contributed by atoms with Gasteiger partial charge in [0, 0.05) is 12.1 Å². The van der Waals surface area contributed by atoms with Crippen LogP contribution in [0, 0.1) is 0 Å². The van der Waals surface area contributed by atoms with Gasteiger partial charge >= 0.3 is 5.97 Å². The van der Waals surface area contributed by atoms with Crippen LogP contribution in [0.25, 0.3) is 0 Å². The molecule has 7 heteroatoms. The molecular weight excluding hydrogens is 293 g/mol. The van der Waals surface area contributed by atoms with Gasteiger partial charge in [-0.2, -0.15) is 0 Å². The van der Waals surface area contributed by atoms with Crippen LogP contribution >= 0.6 is 23.2 Å². The van der Waals surface area contributed by atoms with Crippen LogP contribution in [0.15, 0.2) is 18.2 Å². The van der Waals surface area contributed by atoms with Crippen molar-refractivity contribution in [3.8, 4) is 5.75 Å². The lowest BCUT2D eigenvalue weighted by atomic mass is 10.3. The Bertz CT molecular complexity index is 479. The van der Waals surface area contributed by atoms with Crippen molar-refractivity contribution in [3.63, 3.8) is 0 Å². The summed E-state index contributed by atoms with van der Waals surface area (Å²) in [6.07, 6.45) is 0. The number of carbonyl (C=O) groups is 2. The standard InChI is InChI=1S/C12H13Cl2NO4/c1-15(6-12(17)18-2)11(16)7-19-10-4-3-8(13)5-9(10)14/h3-5H,6-7H2,1-2H3. The zero-order valence-corrected chi connectivity index (χ0v) is 12.0. The Morgan fingerprint density at radius 3 is 2.58 bits per heavy atom. The van der Waals surface area contributed by atoms with Crippen LogP contribution in [0.4, 0.5) is 0 Å². The van der Waals surface area contributed by atoms with Crippen molar-refractivity contribution in [2.45, 2.75) is 0 Å². The summed E-state index contributed by atoms with van der Waals surface area (Å²) in [5.41, 5.74) is 0. The van der Waals surface area contributed by atoms with Gasteiger partial charge < -0.3 is 14.4 Å². The van der Waals surface area contributed by atoms with E-state index in [2.05, 4.69) is 4.74 Å². The summed E-state index contributed by atoms with van der Waals surface area (Å²) < 4.78 is 9.71. The molecule has 0 bridgehead atoms. The zero-order valence-electron chi connectivity index (χ0n) is 10.5. The molecule has 0 atom stereocenters. The number of benzene rings is 1. The minimum Gasteiger partial charge on any atom is -0.482 e. The lowest BCUT2D eigenvalue weighted by Crippen LogP contribution is -2.35. The number of carbonyl (C=O) groups excluding carboxylic acids is 2. The van der Waals surface area contributed by atoms with Gasteiger partial charge in [0.05, 0.1) is 12.1 Å². The Kier molecular flexibility index (Phi) is 5.92. The van der Waals surface area contributed by atoms with Crippen LogP contribution in [0.2, 0.25) is 10.0 Å². The number of rotatable bonds is 5. The van der Waals surface area contributed by atoms with Crippen molar-refractivity contribution >= 4 is 35.1 Å². The second-order valence-corrected chi connectivity index (χ2v) is 4.53. The van der Waals surface area contributed by atoms with E-state index in [0.717, 1.165) is 0 Å². The van der Waals surface area contributed by atoms with E-state index in [4.69, 9.17) is 27.9 Å². The van der Waals surface area contributed by atoms with Gasteiger partial charge in [0.15, 0.2) is 6.61 Å². The first-order chi connectivity index (χ1) is 8.93. The largest absolute Gasteiger partial charge is 0.482 e. The Morgan fingerprint density at radius 2 is 2.00 bits per heavy atom. The molecule has 0 aliphatic rings. The fourth-order valence-corrected chi connectivity index (χ4v) is 1.65. The highest BCUT2D eigenvalue weighted by Crippen LogP contribution is 2.27. The number of nitrogens with zero attached hydrogens (tertiary/aromatic N) is 1. The molecule has 0 heterocycles. The van der Waals surface area contributed by atoms with E-state index < -0.39 is 5.97 Å². The van der Waals surface area contributed by atoms with Crippen LogP contribution < -0.4 is 4.74 Å². The number of hydrogen-bond donors (Lipinski definition) is 0. The van der Waals surface area contributed by atoms with Crippen LogP contribution in [0.1, 0.15) is 0 Å². The van der Waals surface area contributed by atoms with Gasteiger partial charge in [-0.05, 0) is 18.2 Å². The first-order valence-corrected chi connectivity index (χ1v) is 6.08. The maximum atomic E-state index is 11.7. The van der Waals surface area contributed by atoms with Gasteiger partial charge in [-0.15, -0.1) is 0 Å². The Morgan fingerprint density at radius 1 is 1.32 bits per heavy atom. The molecule has 0 radical (unpaired) electrons. The quantitative estimate of drug-likeness (QED) is 0.781. The molecule has 104 valence electrons. The van der Waals surface area contributed by atoms with Crippen LogP contribution in [0.3, 0.4) is 0 Å². The van der Waals surface area contributed by atoms with Crippen LogP contribution in [-0.2, 0) is 14.3 Å². The minimum atomic E-state index is -0.500. The van der Waals surface area contributed by atoms with E-state index in [-0.39, 0.29) is 19.1 Å². The predicted molar refractivity (Wildman–Crippen MR) is 71.6 cm³/mol. The lowest BCUT2D eigenvalue weighted by molar-refractivity contribution is -0.146. The molecule has 1 aromatic carbocycles. The summed E-state index contributed by atoms with van der Waals surface area (Å²) >= 11 is 11.6. The Balaban J connectivity index is 2.52. The molecule has 19 heavy (non-hydrogen) atoms. The van der Waals surface area contributed by atoms with Crippen LogP contribution in [-0.4, -0.2) is 44.1 Å². The van der Waals surface area contributed by atoms with E-state index in [1.165, 1.54) is 25.1 Å². The molecule has 0 saturated heterocycles. The fraction of sp³-hybridized carbons (Fsp3) is 0.333. The van der Waals surface area contributed by atoms with E-state index >= 15 is 0 Å². The van der Waals surface area contributed by atoms with Crippen molar-refractivity contribution in [1.29, 1.82) is 0 Å². The highest BCUT2D eigenvalue weighted by molar-refractivity contribution is 6.35. The first kappa shape index (κ1) is 15.6. The average molecular weight is 306 g/mol. The average Bonchev–Trinajstić information content (AvgIpc) is 2.37. The monoisotopic (exact) mass is 305 g/mol. The third-order valence-corrected chi connectivity index (χ3v) is 2.80. The van der Waals surface area contributed by atoms with Gasteiger partial charge in [-0.1, -0.05) is 23.2 Å². The summed E-state index contributed by atoms with van der Waals surface area (Å²) in [6.45, 7) is -0.359. The van der Waals surface area contributed by atoms with Gasteiger partial charge in [0.2, 0.25) is 0 Å². The van der Waals surface area contributed by atoms with E-state index in [1.54, 1.807) is 12.1 Å². The summed E-state index contributed by atoms with van der Waals surface area (Å²) in [4.78, 5) is 23.9. The van der Waals surface area contributed by atoms with Gasteiger partial charge in [-0.25, -0.2) is 0 Å². The van der Waals surface area contributed by atoms with E-state index in [9.17, 15) is 9.59 Å². The number of amides is 1. The topological polar surface area (TPSA) is 55.8 Å². The zero-order chi connectivity index (χ0) is 14.4. The predicted octanol–water partition coefficient (Wildman–Crippen LogP) is 2.00. The third kappa shape index (κ3) is 4.96. The molecule has 0 aliphatic heterocycles. The molecule has 1 aromatic rings. The van der Waals surface area contributed by atoms with Crippen molar-refractivity contribution in [2.75, 3.05) is 27.3 Å². The summed E-state index contributed by atoms with van der Waals surface area (Å²) in [5.74, 6) is -0.511.